The van der Waals surface area contributed by atoms with Gasteiger partial charge < -0.3 is 20.4 Å². The summed E-state index contributed by atoms with van der Waals surface area (Å²) in [7, 11) is 7.82. The van der Waals surface area contributed by atoms with Crippen LogP contribution in [0.4, 0.5) is 11.4 Å². The van der Waals surface area contributed by atoms with Gasteiger partial charge in [0.05, 0.1) is 5.56 Å². The van der Waals surface area contributed by atoms with E-state index in [4.69, 9.17) is 0 Å². The van der Waals surface area contributed by atoms with Crippen LogP contribution in [0.15, 0.2) is 42.5 Å². The van der Waals surface area contributed by atoms with Gasteiger partial charge in [0, 0.05) is 37.6 Å². The smallest absolute Gasteiger partial charge is 0.255 e. The normalized spacial score (nSPS) is 10.8. The molecule has 2 aromatic rings. The molecular formula is C25H36N4O2. The third-order valence-corrected chi connectivity index (χ3v) is 5.08. The van der Waals surface area contributed by atoms with Gasteiger partial charge in [-0.1, -0.05) is 25.5 Å². The lowest BCUT2D eigenvalue weighted by Gasteiger charge is -2.19. The first kappa shape index (κ1) is 24.4. The molecule has 6 nitrogen and oxygen atoms in total. The van der Waals surface area contributed by atoms with Gasteiger partial charge in [0.2, 0.25) is 0 Å². The van der Waals surface area contributed by atoms with E-state index in [-0.39, 0.29) is 11.8 Å². The minimum absolute atomic E-state index is 0.140. The molecular weight excluding hydrogens is 388 g/mol. The topological polar surface area (TPSA) is 64.7 Å². The van der Waals surface area contributed by atoms with Crippen molar-refractivity contribution in [3.63, 3.8) is 0 Å². The highest BCUT2D eigenvalue weighted by Crippen LogP contribution is 2.23. The van der Waals surface area contributed by atoms with Gasteiger partial charge in [-0.3, -0.25) is 9.59 Å². The molecule has 0 unspecified atom stereocenters. The highest BCUT2D eigenvalue weighted by atomic mass is 16.2. The number of carbonyl (C=O) groups is 2. The Kier molecular flexibility index (Phi) is 9.53. The lowest BCUT2D eigenvalue weighted by Crippen LogP contribution is -2.28. The Bertz CT molecular complexity index is 860. The van der Waals surface area contributed by atoms with Gasteiger partial charge in [-0.05, 0) is 75.8 Å². The van der Waals surface area contributed by atoms with Crippen LogP contribution in [0.25, 0.3) is 0 Å². The zero-order valence-electron chi connectivity index (χ0n) is 19.5. The second-order valence-corrected chi connectivity index (χ2v) is 8.29. The number of unbranched alkanes of at least 4 members (excludes halogenated alkanes) is 1. The Labute approximate surface area is 186 Å². The standard InChI is InChI=1S/C25H36N4O2/c1-6-7-9-19-10-12-20(13-11-19)24(30)27-21-14-15-23(29(4)5)22(18-21)25(31)26-16-8-17-28(2)3/h10-15,18H,6-9,16-17H2,1-5H3,(H,26,31)(H,27,30). The highest BCUT2D eigenvalue weighted by molar-refractivity contribution is 6.06. The molecule has 0 atom stereocenters. The van der Waals surface area contributed by atoms with Crippen molar-refractivity contribution in [3.05, 3.63) is 59.2 Å². The maximum atomic E-state index is 12.8. The Morgan fingerprint density at radius 3 is 2.23 bits per heavy atom. The van der Waals surface area contributed by atoms with E-state index < -0.39 is 0 Å². The number of nitrogens with one attached hydrogen (secondary N) is 2. The van der Waals surface area contributed by atoms with Gasteiger partial charge in [0.15, 0.2) is 0 Å². The largest absolute Gasteiger partial charge is 0.377 e. The summed E-state index contributed by atoms with van der Waals surface area (Å²) in [5.41, 5.74) is 3.80. The molecule has 2 N–H and O–H groups in total. The van der Waals surface area contributed by atoms with E-state index >= 15 is 0 Å². The Morgan fingerprint density at radius 1 is 0.903 bits per heavy atom. The molecule has 0 radical (unpaired) electrons. The van der Waals surface area contributed by atoms with Gasteiger partial charge in [-0.2, -0.15) is 0 Å². The van der Waals surface area contributed by atoms with Crippen LogP contribution >= 0.6 is 0 Å². The summed E-state index contributed by atoms with van der Waals surface area (Å²) >= 11 is 0. The maximum absolute atomic E-state index is 12.8. The molecule has 2 rings (SSSR count). The molecule has 6 heteroatoms. The Morgan fingerprint density at radius 2 is 1.61 bits per heavy atom. The lowest BCUT2D eigenvalue weighted by molar-refractivity contribution is 0.0951. The molecule has 0 spiro atoms. The first-order chi connectivity index (χ1) is 14.8. The predicted octanol–water partition coefficient (Wildman–Crippen LogP) is 4.03. The summed E-state index contributed by atoms with van der Waals surface area (Å²) in [5.74, 6) is -0.323. The molecule has 0 aromatic heterocycles. The minimum atomic E-state index is -0.183. The second-order valence-electron chi connectivity index (χ2n) is 8.29. The summed E-state index contributed by atoms with van der Waals surface area (Å²) < 4.78 is 0. The third kappa shape index (κ3) is 7.72. The van der Waals surface area contributed by atoms with E-state index in [0.717, 1.165) is 37.9 Å². The maximum Gasteiger partial charge on any atom is 0.255 e. The van der Waals surface area contributed by atoms with Crippen molar-refractivity contribution < 1.29 is 9.59 Å². The van der Waals surface area contributed by atoms with Crippen LogP contribution in [0.2, 0.25) is 0 Å². The molecule has 0 heterocycles. The van der Waals surface area contributed by atoms with Crippen LogP contribution in [0, 0.1) is 0 Å². The van der Waals surface area contributed by atoms with Crippen LogP contribution in [0.5, 0.6) is 0 Å². The quantitative estimate of drug-likeness (QED) is 0.535. The average molecular weight is 425 g/mol. The zero-order valence-corrected chi connectivity index (χ0v) is 19.5. The van der Waals surface area contributed by atoms with Gasteiger partial charge in [0.25, 0.3) is 11.8 Å². The van der Waals surface area contributed by atoms with Crippen molar-refractivity contribution in [2.45, 2.75) is 32.6 Å². The van der Waals surface area contributed by atoms with Gasteiger partial charge in [0.1, 0.15) is 0 Å². The number of anilines is 2. The van der Waals surface area contributed by atoms with Crippen LogP contribution < -0.4 is 15.5 Å². The van der Waals surface area contributed by atoms with E-state index in [1.807, 2.05) is 69.5 Å². The molecule has 168 valence electrons. The number of hydrogen-bond donors (Lipinski definition) is 2. The van der Waals surface area contributed by atoms with Gasteiger partial charge >= 0.3 is 0 Å². The van der Waals surface area contributed by atoms with E-state index in [2.05, 4.69) is 22.5 Å². The number of hydrogen-bond acceptors (Lipinski definition) is 4. The van der Waals surface area contributed by atoms with Crippen molar-refractivity contribution in [2.24, 2.45) is 0 Å². The van der Waals surface area contributed by atoms with Gasteiger partial charge in [-0.25, -0.2) is 0 Å². The molecule has 0 bridgehead atoms. The van der Waals surface area contributed by atoms with Crippen molar-refractivity contribution in [1.82, 2.24) is 10.2 Å². The number of benzene rings is 2. The van der Waals surface area contributed by atoms with Crippen molar-refractivity contribution in [2.75, 3.05) is 51.5 Å². The molecule has 0 aliphatic rings. The number of aryl methyl sites for hydroxylation is 1. The fraction of sp³-hybridized carbons (Fsp3) is 0.440. The summed E-state index contributed by atoms with van der Waals surface area (Å²) in [6, 6.07) is 13.1. The number of nitrogens with zero attached hydrogens (tertiary/aromatic N) is 2. The van der Waals surface area contributed by atoms with Crippen molar-refractivity contribution in [3.8, 4) is 0 Å². The van der Waals surface area contributed by atoms with Crippen LogP contribution in [-0.4, -0.2) is 58.0 Å². The summed E-state index contributed by atoms with van der Waals surface area (Å²) in [6.07, 6.45) is 4.19. The monoisotopic (exact) mass is 424 g/mol. The number of amides is 2. The predicted molar refractivity (Wildman–Crippen MR) is 129 cm³/mol. The van der Waals surface area contributed by atoms with Crippen LogP contribution in [-0.2, 0) is 6.42 Å². The first-order valence-electron chi connectivity index (χ1n) is 11.0. The molecule has 0 aliphatic heterocycles. The molecule has 2 aromatic carbocycles. The fourth-order valence-electron chi connectivity index (χ4n) is 3.29. The fourth-order valence-corrected chi connectivity index (χ4v) is 3.29. The molecule has 0 fully saturated rings. The summed E-state index contributed by atoms with van der Waals surface area (Å²) in [4.78, 5) is 29.5. The van der Waals surface area contributed by atoms with Crippen molar-refractivity contribution >= 4 is 23.2 Å². The van der Waals surface area contributed by atoms with E-state index in [9.17, 15) is 9.59 Å². The summed E-state index contributed by atoms with van der Waals surface area (Å²) in [5, 5.41) is 5.90. The lowest BCUT2D eigenvalue weighted by atomic mass is 10.1. The first-order valence-corrected chi connectivity index (χ1v) is 11.0. The number of carbonyl (C=O) groups excluding carboxylic acids is 2. The van der Waals surface area contributed by atoms with Crippen molar-refractivity contribution in [1.29, 1.82) is 0 Å². The molecule has 0 saturated carbocycles. The zero-order chi connectivity index (χ0) is 22.8. The number of rotatable bonds is 11. The van der Waals surface area contributed by atoms with E-state index in [1.54, 1.807) is 6.07 Å². The van der Waals surface area contributed by atoms with Crippen LogP contribution in [0.1, 0.15) is 52.5 Å². The van der Waals surface area contributed by atoms with Gasteiger partial charge in [-0.15, -0.1) is 0 Å². The molecule has 0 aliphatic carbocycles. The molecule has 2 amide bonds. The van der Waals surface area contributed by atoms with E-state index in [0.29, 0.717) is 23.4 Å². The Hall–Kier alpha value is -2.86. The van der Waals surface area contributed by atoms with Crippen LogP contribution in [0.3, 0.4) is 0 Å². The Balaban J connectivity index is 2.09. The SMILES string of the molecule is CCCCc1ccc(C(=O)Nc2ccc(N(C)C)c(C(=O)NCCCN(C)C)c2)cc1. The second kappa shape index (κ2) is 12.1. The minimum Gasteiger partial charge on any atom is -0.377 e. The summed E-state index contributed by atoms with van der Waals surface area (Å²) in [6.45, 7) is 3.68. The molecule has 31 heavy (non-hydrogen) atoms. The van der Waals surface area contributed by atoms with E-state index in [1.165, 1.54) is 5.56 Å². The highest BCUT2D eigenvalue weighted by Gasteiger charge is 2.15. The third-order valence-electron chi connectivity index (χ3n) is 5.08. The molecule has 0 saturated heterocycles. The average Bonchev–Trinajstić information content (AvgIpc) is 2.75.